The second-order valence-corrected chi connectivity index (χ2v) is 10.2. The third-order valence-electron chi connectivity index (χ3n) is 8.70. The Morgan fingerprint density at radius 1 is 1.13 bits per heavy atom. The van der Waals surface area contributed by atoms with Gasteiger partial charge < -0.3 is 5.11 Å². The second kappa shape index (κ2) is 5.49. The standard InChI is InChI=1S/C21H33ClO/c1-13(23)17-6-7-18-16-5-4-14-12-15(22)8-10-20(14,2)19(16)9-11-21(17,18)3/h4,13,15-19,23H,5-12H2,1-3H3. The van der Waals surface area contributed by atoms with E-state index in [2.05, 4.69) is 19.9 Å². The lowest BCUT2D eigenvalue weighted by molar-refractivity contribution is -0.0618. The molecule has 1 N–H and O–H groups in total. The molecular formula is C21H33ClO. The van der Waals surface area contributed by atoms with Crippen molar-refractivity contribution >= 4 is 11.6 Å². The fourth-order valence-electron chi connectivity index (χ4n) is 7.45. The zero-order valence-corrected chi connectivity index (χ0v) is 15.8. The number of hydrogen-bond donors (Lipinski definition) is 1. The van der Waals surface area contributed by atoms with Crippen molar-refractivity contribution in [2.24, 2.45) is 34.5 Å². The maximum Gasteiger partial charge on any atom is 0.0545 e. The molecule has 3 saturated carbocycles. The topological polar surface area (TPSA) is 20.2 Å². The van der Waals surface area contributed by atoms with Crippen molar-refractivity contribution < 1.29 is 5.11 Å². The average Bonchev–Trinajstić information content (AvgIpc) is 2.85. The first-order valence-electron chi connectivity index (χ1n) is 9.88. The van der Waals surface area contributed by atoms with Crippen LogP contribution in [0.1, 0.15) is 72.1 Å². The highest BCUT2D eigenvalue weighted by molar-refractivity contribution is 6.20. The smallest absolute Gasteiger partial charge is 0.0545 e. The molecule has 2 heteroatoms. The van der Waals surface area contributed by atoms with Crippen LogP contribution >= 0.6 is 11.6 Å². The number of fused-ring (bicyclic) bond motifs is 5. The molecule has 0 aromatic heterocycles. The van der Waals surface area contributed by atoms with Gasteiger partial charge in [0.2, 0.25) is 0 Å². The predicted octanol–water partition coefficient (Wildman–Crippen LogP) is 5.55. The summed E-state index contributed by atoms with van der Waals surface area (Å²) < 4.78 is 0. The zero-order valence-electron chi connectivity index (χ0n) is 15.0. The van der Waals surface area contributed by atoms with E-state index in [1.807, 2.05) is 6.92 Å². The van der Waals surface area contributed by atoms with Crippen LogP contribution in [0.4, 0.5) is 0 Å². The highest BCUT2D eigenvalue weighted by Crippen LogP contribution is 2.66. The first-order valence-corrected chi connectivity index (χ1v) is 10.3. The molecule has 0 bridgehead atoms. The van der Waals surface area contributed by atoms with Gasteiger partial charge in [-0.05, 0) is 92.8 Å². The number of allylic oxidation sites excluding steroid dienone is 2. The van der Waals surface area contributed by atoms with Crippen molar-refractivity contribution in [2.75, 3.05) is 0 Å². The normalized spacial score (nSPS) is 53.8. The lowest BCUT2D eigenvalue weighted by Crippen LogP contribution is -2.51. The van der Waals surface area contributed by atoms with Crippen LogP contribution < -0.4 is 0 Å². The summed E-state index contributed by atoms with van der Waals surface area (Å²) in [7, 11) is 0. The minimum atomic E-state index is -0.140. The van der Waals surface area contributed by atoms with Crippen LogP contribution in [-0.2, 0) is 0 Å². The van der Waals surface area contributed by atoms with E-state index in [0.717, 1.165) is 24.2 Å². The summed E-state index contributed by atoms with van der Waals surface area (Å²) in [5.41, 5.74) is 2.47. The second-order valence-electron chi connectivity index (χ2n) is 9.57. The lowest BCUT2D eigenvalue weighted by Gasteiger charge is -2.58. The fourth-order valence-corrected chi connectivity index (χ4v) is 7.72. The summed E-state index contributed by atoms with van der Waals surface area (Å²) in [6.07, 6.45) is 12.6. The fraction of sp³-hybridized carbons (Fsp3) is 0.905. The monoisotopic (exact) mass is 336 g/mol. The highest BCUT2D eigenvalue weighted by atomic mass is 35.5. The van der Waals surface area contributed by atoms with Gasteiger partial charge in [-0.2, -0.15) is 0 Å². The van der Waals surface area contributed by atoms with E-state index in [-0.39, 0.29) is 6.10 Å². The van der Waals surface area contributed by atoms with Crippen LogP contribution in [0.25, 0.3) is 0 Å². The molecule has 4 aliphatic rings. The maximum atomic E-state index is 10.3. The number of aliphatic hydroxyl groups excluding tert-OH is 1. The van der Waals surface area contributed by atoms with Crippen LogP contribution in [0.3, 0.4) is 0 Å². The van der Waals surface area contributed by atoms with Crippen molar-refractivity contribution in [1.82, 2.24) is 0 Å². The maximum absolute atomic E-state index is 10.3. The van der Waals surface area contributed by atoms with Gasteiger partial charge in [0.25, 0.3) is 0 Å². The third-order valence-corrected chi connectivity index (χ3v) is 9.07. The molecule has 0 saturated heterocycles. The summed E-state index contributed by atoms with van der Waals surface area (Å²) in [5.74, 6) is 3.05. The van der Waals surface area contributed by atoms with Crippen LogP contribution in [0, 0.1) is 34.5 Å². The average molecular weight is 337 g/mol. The Labute approximate surface area is 146 Å². The summed E-state index contributed by atoms with van der Waals surface area (Å²) >= 11 is 6.47. The minimum absolute atomic E-state index is 0.140. The molecule has 8 atom stereocenters. The quantitative estimate of drug-likeness (QED) is 0.491. The van der Waals surface area contributed by atoms with E-state index in [4.69, 9.17) is 11.6 Å². The predicted molar refractivity (Wildman–Crippen MR) is 96.5 cm³/mol. The van der Waals surface area contributed by atoms with Gasteiger partial charge in [-0.25, -0.2) is 0 Å². The number of halogens is 1. The molecule has 0 aromatic carbocycles. The molecule has 23 heavy (non-hydrogen) atoms. The van der Waals surface area contributed by atoms with Gasteiger partial charge >= 0.3 is 0 Å². The summed E-state index contributed by atoms with van der Waals surface area (Å²) in [5, 5.41) is 10.7. The van der Waals surface area contributed by atoms with Crippen molar-refractivity contribution in [3.8, 4) is 0 Å². The van der Waals surface area contributed by atoms with E-state index < -0.39 is 0 Å². The molecule has 0 heterocycles. The van der Waals surface area contributed by atoms with Crippen molar-refractivity contribution in [1.29, 1.82) is 0 Å². The van der Waals surface area contributed by atoms with Crippen molar-refractivity contribution in [2.45, 2.75) is 83.6 Å². The van der Waals surface area contributed by atoms with Gasteiger partial charge in [-0.1, -0.05) is 25.5 Å². The molecule has 0 amide bonds. The Morgan fingerprint density at radius 2 is 1.91 bits per heavy atom. The number of hydrogen-bond acceptors (Lipinski definition) is 1. The first-order chi connectivity index (χ1) is 10.9. The molecule has 0 radical (unpaired) electrons. The Morgan fingerprint density at radius 3 is 2.65 bits per heavy atom. The summed E-state index contributed by atoms with van der Waals surface area (Å²) in [6.45, 7) is 7.06. The Bertz CT molecular complexity index is 512. The molecule has 4 rings (SSSR count). The Kier molecular flexibility index (Phi) is 3.93. The molecule has 4 aliphatic carbocycles. The Hall–Kier alpha value is -0.0100. The third kappa shape index (κ3) is 2.29. The van der Waals surface area contributed by atoms with Gasteiger partial charge in [0, 0.05) is 5.38 Å². The summed E-state index contributed by atoms with van der Waals surface area (Å²) in [6, 6.07) is 0. The van der Waals surface area contributed by atoms with E-state index in [9.17, 15) is 5.11 Å². The number of rotatable bonds is 1. The van der Waals surface area contributed by atoms with E-state index in [1.165, 1.54) is 44.9 Å². The SMILES string of the molecule is CC(O)C1CCC2C3CC=C4CC(Cl)CCC4(C)C3CCC12C. The first kappa shape index (κ1) is 16.5. The van der Waals surface area contributed by atoms with Crippen molar-refractivity contribution in [3.05, 3.63) is 11.6 Å². The van der Waals surface area contributed by atoms with Crippen LogP contribution in [0.15, 0.2) is 11.6 Å². The zero-order chi connectivity index (χ0) is 16.4. The molecule has 0 aliphatic heterocycles. The van der Waals surface area contributed by atoms with Crippen LogP contribution in [0.2, 0.25) is 0 Å². The Balaban J connectivity index is 1.65. The molecule has 0 aromatic rings. The van der Waals surface area contributed by atoms with Gasteiger partial charge in [0.15, 0.2) is 0 Å². The molecule has 8 unspecified atom stereocenters. The number of alkyl halides is 1. The van der Waals surface area contributed by atoms with Gasteiger partial charge in [-0.15, -0.1) is 11.6 Å². The molecular weight excluding hydrogens is 304 g/mol. The van der Waals surface area contributed by atoms with Gasteiger partial charge in [0.05, 0.1) is 6.10 Å². The molecule has 130 valence electrons. The molecule has 1 nitrogen and oxygen atoms in total. The largest absolute Gasteiger partial charge is 0.393 e. The van der Waals surface area contributed by atoms with E-state index in [1.54, 1.807) is 5.57 Å². The number of aliphatic hydroxyl groups is 1. The lowest BCUT2D eigenvalue weighted by atomic mass is 9.47. The van der Waals surface area contributed by atoms with Crippen molar-refractivity contribution in [3.63, 3.8) is 0 Å². The van der Waals surface area contributed by atoms with Crippen LogP contribution in [0.5, 0.6) is 0 Å². The van der Waals surface area contributed by atoms with E-state index >= 15 is 0 Å². The minimum Gasteiger partial charge on any atom is -0.393 e. The van der Waals surface area contributed by atoms with Gasteiger partial charge in [-0.3, -0.25) is 0 Å². The summed E-state index contributed by atoms with van der Waals surface area (Å²) in [4.78, 5) is 0. The van der Waals surface area contributed by atoms with E-state index in [0.29, 0.717) is 22.1 Å². The molecule has 3 fully saturated rings. The molecule has 0 spiro atoms. The van der Waals surface area contributed by atoms with Crippen LogP contribution in [-0.4, -0.2) is 16.6 Å². The van der Waals surface area contributed by atoms with Gasteiger partial charge in [0.1, 0.15) is 0 Å². The highest BCUT2D eigenvalue weighted by Gasteiger charge is 2.59.